The molecule has 1 aliphatic rings. The van der Waals surface area contributed by atoms with Gasteiger partial charge in [0.25, 0.3) is 0 Å². The maximum atomic E-state index is 10.2. The van der Waals surface area contributed by atoms with Gasteiger partial charge in [-0.05, 0) is 15.9 Å². The minimum atomic E-state index is -0.0337. The molecule has 1 aromatic carbocycles. The minimum Gasteiger partial charge on any atom is -0.506 e. The van der Waals surface area contributed by atoms with Gasteiger partial charge in [-0.3, -0.25) is 0 Å². The highest BCUT2D eigenvalue weighted by Gasteiger charge is 2.26. The predicted molar refractivity (Wildman–Crippen MR) is 68.0 cm³/mol. The van der Waals surface area contributed by atoms with Crippen molar-refractivity contribution in [3.05, 3.63) is 16.4 Å². The first-order valence-corrected chi connectivity index (χ1v) is 6.34. The van der Waals surface area contributed by atoms with Gasteiger partial charge < -0.3 is 24.8 Å². The summed E-state index contributed by atoms with van der Waals surface area (Å²) >= 11 is 3.25. The van der Waals surface area contributed by atoms with Crippen LogP contribution in [0.5, 0.6) is 17.2 Å². The second kappa shape index (κ2) is 4.71. The lowest BCUT2D eigenvalue weighted by Crippen LogP contribution is -2.16. The number of rotatable bonds is 2. The standard InChI is InChI=1S/C11H10BrN3O4/c12-5-3-6-10(18-2-1-17-6)8(9(5)16)11-14-7(4-13)19-15-11/h3,16H,1-2,4,13H2. The van der Waals surface area contributed by atoms with Crippen LogP contribution in [0.25, 0.3) is 11.4 Å². The van der Waals surface area contributed by atoms with E-state index in [2.05, 4.69) is 26.1 Å². The van der Waals surface area contributed by atoms with Crippen molar-refractivity contribution in [3.63, 3.8) is 0 Å². The lowest BCUT2D eigenvalue weighted by atomic mass is 10.1. The summed E-state index contributed by atoms with van der Waals surface area (Å²) in [5.74, 6) is 1.37. The molecule has 0 spiro atoms. The number of phenolic OH excluding ortho intramolecular Hbond substituents is 1. The number of hydrogen-bond acceptors (Lipinski definition) is 7. The number of ether oxygens (including phenoxy) is 2. The number of hydrogen-bond donors (Lipinski definition) is 2. The smallest absolute Gasteiger partial charge is 0.240 e. The first kappa shape index (κ1) is 12.2. The number of phenols is 1. The van der Waals surface area contributed by atoms with Crippen molar-refractivity contribution in [3.8, 4) is 28.6 Å². The summed E-state index contributed by atoms with van der Waals surface area (Å²) in [5.41, 5.74) is 5.75. The molecule has 3 N–H and O–H groups in total. The molecule has 2 heterocycles. The van der Waals surface area contributed by atoms with E-state index in [4.69, 9.17) is 19.7 Å². The lowest BCUT2D eigenvalue weighted by Gasteiger charge is -2.21. The van der Waals surface area contributed by atoms with Gasteiger partial charge in [0.2, 0.25) is 11.7 Å². The average Bonchev–Trinajstić information content (AvgIpc) is 2.89. The normalized spacial score (nSPS) is 13.6. The Morgan fingerprint density at radius 1 is 1.37 bits per heavy atom. The Morgan fingerprint density at radius 3 is 2.89 bits per heavy atom. The number of benzene rings is 1. The Bertz CT molecular complexity index is 629. The van der Waals surface area contributed by atoms with Gasteiger partial charge in [-0.2, -0.15) is 4.98 Å². The quantitative estimate of drug-likeness (QED) is 0.859. The summed E-state index contributed by atoms with van der Waals surface area (Å²) in [6.07, 6.45) is 0. The van der Waals surface area contributed by atoms with E-state index in [0.717, 1.165) is 0 Å². The number of nitrogens with two attached hydrogens (primary N) is 1. The van der Waals surface area contributed by atoms with Gasteiger partial charge in [0, 0.05) is 6.07 Å². The summed E-state index contributed by atoms with van der Waals surface area (Å²) in [6, 6.07) is 1.64. The Balaban J connectivity index is 2.20. The number of fused-ring (bicyclic) bond motifs is 1. The van der Waals surface area contributed by atoms with Crippen LogP contribution in [0.3, 0.4) is 0 Å². The van der Waals surface area contributed by atoms with E-state index in [1.165, 1.54) is 0 Å². The summed E-state index contributed by atoms with van der Waals surface area (Å²) in [7, 11) is 0. The Morgan fingerprint density at radius 2 is 2.16 bits per heavy atom. The third kappa shape index (κ3) is 2.02. The van der Waals surface area contributed by atoms with Crippen LogP contribution in [0, 0.1) is 0 Å². The number of aromatic nitrogens is 2. The number of aromatic hydroxyl groups is 1. The Hall–Kier alpha value is -1.80. The average molecular weight is 328 g/mol. The van der Waals surface area contributed by atoms with E-state index in [-0.39, 0.29) is 24.0 Å². The molecule has 100 valence electrons. The van der Waals surface area contributed by atoms with E-state index >= 15 is 0 Å². The second-order valence-corrected chi connectivity index (χ2v) is 4.68. The highest BCUT2D eigenvalue weighted by Crippen LogP contribution is 2.48. The van der Waals surface area contributed by atoms with Crippen molar-refractivity contribution < 1.29 is 19.1 Å². The highest BCUT2D eigenvalue weighted by atomic mass is 79.9. The van der Waals surface area contributed by atoms with Crippen LogP contribution >= 0.6 is 15.9 Å². The number of nitrogens with zero attached hydrogens (tertiary/aromatic N) is 2. The summed E-state index contributed by atoms with van der Waals surface area (Å²) in [6.45, 7) is 0.966. The molecular weight excluding hydrogens is 318 g/mol. The van der Waals surface area contributed by atoms with Gasteiger partial charge in [-0.1, -0.05) is 5.16 Å². The first-order valence-electron chi connectivity index (χ1n) is 5.54. The second-order valence-electron chi connectivity index (χ2n) is 3.82. The molecule has 0 saturated heterocycles. The van der Waals surface area contributed by atoms with Gasteiger partial charge in [0.05, 0.1) is 11.0 Å². The molecule has 1 aliphatic heterocycles. The topological polar surface area (TPSA) is 104 Å². The monoisotopic (exact) mass is 327 g/mol. The minimum absolute atomic E-state index is 0.0337. The van der Waals surface area contributed by atoms with Crippen molar-refractivity contribution in [2.24, 2.45) is 5.73 Å². The fraction of sp³-hybridized carbons (Fsp3) is 0.273. The zero-order valence-electron chi connectivity index (χ0n) is 9.72. The molecule has 0 aliphatic carbocycles. The molecule has 8 heteroatoms. The van der Waals surface area contributed by atoms with Gasteiger partial charge in [0.15, 0.2) is 11.5 Å². The van der Waals surface area contributed by atoms with E-state index in [0.29, 0.717) is 34.7 Å². The summed E-state index contributed by atoms with van der Waals surface area (Å²) in [4.78, 5) is 4.09. The Kier molecular flexibility index (Phi) is 3.03. The molecule has 0 fully saturated rings. The van der Waals surface area contributed by atoms with E-state index < -0.39 is 0 Å². The van der Waals surface area contributed by atoms with Crippen LogP contribution in [0.4, 0.5) is 0 Å². The molecule has 0 atom stereocenters. The largest absolute Gasteiger partial charge is 0.506 e. The van der Waals surface area contributed by atoms with Crippen molar-refractivity contribution in [2.45, 2.75) is 6.54 Å². The van der Waals surface area contributed by atoms with Crippen LogP contribution in [0.15, 0.2) is 15.1 Å². The molecular formula is C11H10BrN3O4. The molecule has 7 nitrogen and oxygen atoms in total. The molecule has 0 unspecified atom stereocenters. The number of halogens is 1. The van der Waals surface area contributed by atoms with Crippen LogP contribution in [-0.4, -0.2) is 28.5 Å². The lowest BCUT2D eigenvalue weighted by molar-refractivity contribution is 0.171. The zero-order valence-corrected chi connectivity index (χ0v) is 11.3. The molecule has 0 amide bonds. The highest BCUT2D eigenvalue weighted by molar-refractivity contribution is 9.10. The summed E-state index contributed by atoms with van der Waals surface area (Å²) < 4.78 is 16.4. The molecule has 0 bridgehead atoms. The van der Waals surface area contributed by atoms with Crippen LogP contribution in [-0.2, 0) is 6.54 Å². The maximum Gasteiger partial charge on any atom is 0.240 e. The fourth-order valence-corrected chi connectivity index (χ4v) is 2.20. The van der Waals surface area contributed by atoms with Crippen LogP contribution in [0.2, 0.25) is 0 Å². The SMILES string of the molecule is NCc1nc(-c2c(O)c(Br)cc3c2OCCO3)no1. The van der Waals surface area contributed by atoms with Crippen molar-refractivity contribution >= 4 is 15.9 Å². The zero-order chi connectivity index (χ0) is 13.4. The van der Waals surface area contributed by atoms with E-state index in [9.17, 15) is 5.11 Å². The molecule has 1 aromatic heterocycles. The molecule has 0 radical (unpaired) electrons. The van der Waals surface area contributed by atoms with Crippen molar-refractivity contribution in [2.75, 3.05) is 13.2 Å². The molecule has 2 aromatic rings. The fourth-order valence-electron chi connectivity index (χ4n) is 1.79. The third-order valence-electron chi connectivity index (χ3n) is 2.63. The maximum absolute atomic E-state index is 10.2. The van der Waals surface area contributed by atoms with Gasteiger partial charge in [-0.15, -0.1) is 0 Å². The predicted octanol–water partition coefficient (Wildman–Crippen LogP) is 1.43. The van der Waals surface area contributed by atoms with Crippen molar-refractivity contribution in [1.29, 1.82) is 0 Å². The first-order chi connectivity index (χ1) is 9.20. The third-order valence-corrected chi connectivity index (χ3v) is 3.23. The molecule has 19 heavy (non-hydrogen) atoms. The van der Waals surface area contributed by atoms with E-state index in [1.54, 1.807) is 6.07 Å². The van der Waals surface area contributed by atoms with Gasteiger partial charge >= 0.3 is 0 Å². The van der Waals surface area contributed by atoms with Crippen LogP contribution in [0.1, 0.15) is 5.89 Å². The van der Waals surface area contributed by atoms with Crippen molar-refractivity contribution in [1.82, 2.24) is 10.1 Å². The van der Waals surface area contributed by atoms with E-state index in [1.807, 2.05) is 0 Å². The molecule has 0 saturated carbocycles. The summed E-state index contributed by atoms with van der Waals surface area (Å²) in [5, 5.41) is 13.9. The Labute approximate surface area is 116 Å². The van der Waals surface area contributed by atoms with Gasteiger partial charge in [0.1, 0.15) is 24.5 Å². The van der Waals surface area contributed by atoms with Gasteiger partial charge in [-0.25, -0.2) is 0 Å². The van der Waals surface area contributed by atoms with Crippen LogP contribution < -0.4 is 15.2 Å². The molecule has 3 rings (SSSR count).